The zero-order valence-electron chi connectivity index (χ0n) is 21.1. The van der Waals surface area contributed by atoms with Gasteiger partial charge in [-0.15, -0.1) is 0 Å². The normalized spacial score (nSPS) is 15.9. The highest BCUT2D eigenvalue weighted by Gasteiger charge is 2.25. The van der Waals surface area contributed by atoms with Crippen molar-refractivity contribution in [1.82, 2.24) is 29.0 Å². The van der Waals surface area contributed by atoms with Crippen LogP contribution in [0.25, 0.3) is 27.8 Å². The van der Waals surface area contributed by atoms with Gasteiger partial charge in [0.05, 0.1) is 23.9 Å². The van der Waals surface area contributed by atoms with Crippen LogP contribution >= 0.6 is 0 Å². The van der Waals surface area contributed by atoms with E-state index in [9.17, 15) is 13.2 Å². The number of sulfone groups is 1. The van der Waals surface area contributed by atoms with Crippen LogP contribution in [-0.2, 0) is 9.84 Å². The zero-order valence-corrected chi connectivity index (χ0v) is 21.9. The minimum atomic E-state index is -2.99. The van der Waals surface area contributed by atoms with Gasteiger partial charge in [0.1, 0.15) is 16.2 Å². The second-order valence-corrected chi connectivity index (χ2v) is 12.2. The zero-order chi connectivity index (χ0) is 25.6. The lowest BCUT2D eigenvalue weighted by molar-refractivity contribution is 0.195. The van der Waals surface area contributed by atoms with Gasteiger partial charge in [0.15, 0.2) is 11.4 Å². The molecule has 4 heterocycles. The first-order chi connectivity index (χ1) is 17.1. The van der Waals surface area contributed by atoms with Crippen LogP contribution in [0, 0.1) is 0 Å². The molecule has 0 amide bonds. The second-order valence-electron chi connectivity index (χ2n) is 9.94. The predicted octanol–water partition coefficient (Wildman–Crippen LogP) is 2.85. The number of likely N-dealkylation sites (tertiary alicyclic amines) is 1. The molecule has 0 spiro atoms. The molecule has 3 aromatic heterocycles. The highest BCUT2D eigenvalue weighted by atomic mass is 32.2. The number of fused-ring (bicyclic) bond motifs is 2. The Morgan fingerprint density at radius 2 is 1.94 bits per heavy atom. The van der Waals surface area contributed by atoms with Crippen molar-refractivity contribution >= 4 is 26.5 Å². The number of aromatic amines is 1. The van der Waals surface area contributed by atoms with Gasteiger partial charge in [0.2, 0.25) is 0 Å². The van der Waals surface area contributed by atoms with Crippen molar-refractivity contribution in [3.8, 4) is 16.9 Å². The average Bonchev–Trinajstić information content (AvgIpc) is 3.44. The largest absolute Gasteiger partial charge is 0.493 e. The maximum absolute atomic E-state index is 13.1. The third-order valence-corrected chi connectivity index (χ3v) is 8.01. The summed E-state index contributed by atoms with van der Waals surface area (Å²) in [5.74, 6) is 1.02. The van der Waals surface area contributed by atoms with Crippen molar-refractivity contribution in [1.29, 1.82) is 0 Å². The molecule has 5 rings (SSSR count). The molecular weight excluding hydrogens is 480 g/mol. The van der Waals surface area contributed by atoms with Crippen LogP contribution in [0.2, 0.25) is 0 Å². The molecule has 1 saturated heterocycles. The summed E-state index contributed by atoms with van der Waals surface area (Å²) < 4.78 is 32.2. The number of nitrogens with one attached hydrogen (secondary N) is 1. The van der Waals surface area contributed by atoms with E-state index in [1.165, 1.54) is 12.6 Å². The molecule has 1 aliphatic rings. The van der Waals surface area contributed by atoms with Gasteiger partial charge in [-0.05, 0) is 48.1 Å². The number of imidazole rings is 1. The van der Waals surface area contributed by atoms with Crippen molar-refractivity contribution < 1.29 is 13.2 Å². The number of ether oxygens (including phenoxy) is 1. The van der Waals surface area contributed by atoms with Crippen LogP contribution in [0.5, 0.6) is 5.75 Å². The van der Waals surface area contributed by atoms with Crippen LogP contribution in [0.3, 0.4) is 0 Å². The van der Waals surface area contributed by atoms with Gasteiger partial charge in [-0.2, -0.15) is 5.10 Å². The van der Waals surface area contributed by atoms with Gasteiger partial charge < -0.3 is 14.6 Å². The van der Waals surface area contributed by atoms with Gasteiger partial charge in [-0.1, -0.05) is 13.8 Å². The van der Waals surface area contributed by atoms with Crippen molar-refractivity contribution in [3.63, 3.8) is 0 Å². The number of nitrogens with zero attached hydrogens (tertiary/aromatic N) is 5. The van der Waals surface area contributed by atoms with E-state index in [2.05, 4.69) is 39.9 Å². The lowest BCUT2D eigenvalue weighted by atomic mass is 9.92. The van der Waals surface area contributed by atoms with Crippen LogP contribution in [0.4, 0.5) is 0 Å². The molecule has 0 bridgehead atoms. The number of methoxy groups -OCH3 is 1. The van der Waals surface area contributed by atoms with E-state index in [4.69, 9.17) is 4.74 Å². The Morgan fingerprint density at radius 1 is 1.19 bits per heavy atom. The van der Waals surface area contributed by atoms with Gasteiger partial charge in [-0.25, -0.2) is 22.7 Å². The van der Waals surface area contributed by atoms with Crippen molar-refractivity contribution in [3.05, 3.63) is 46.8 Å². The summed E-state index contributed by atoms with van der Waals surface area (Å²) in [7, 11) is -1.37. The summed E-state index contributed by atoms with van der Waals surface area (Å²) in [6.07, 6.45) is 6.30. The molecule has 11 heteroatoms. The first-order valence-electron chi connectivity index (χ1n) is 12.2. The van der Waals surface area contributed by atoms with Crippen LogP contribution in [0.1, 0.15) is 44.2 Å². The molecule has 36 heavy (non-hydrogen) atoms. The van der Waals surface area contributed by atoms with E-state index in [1.54, 1.807) is 11.6 Å². The maximum Gasteiger partial charge on any atom is 0.326 e. The first-order valence-corrected chi connectivity index (χ1v) is 14.3. The highest BCUT2D eigenvalue weighted by Crippen LogP contribution is 2.36. The Morgan fingerprint density at radius 3 is 2.61 bits per heavy atom. The Labute approximate surface area is 209 Å². The molecule has 0 saturated carbocycles. The van der Waals surface area contributed by atoms with Gasteiger partial charge >= 0.3 is 5.69 Å². The second kappa shape index (κ2) is 9.36. The fraction of sp³-hybridized carbons (Fsp3) is 0.480. The van der Waals surface area contributed by atoms with Gasteiger partial charge in [0.25, 0.3) is 0 Å². The fourth-order valence-corrected chi connectivity index (χ4v) is 5.76. The molecule has 4 aromatic rings. The molecule has 1 aromatic carbocycles. The summed E-state index contributed by atoms with van der Waals surface area (Å²) in [4.78, 5) is 22.6. The highest BCUT2D eigenvalue weighted by molar-refractivity contribution is 7.90. The van der Waals surface area contributed by atoms with E-state index in [1.807, 2.05) is 22.9 Å². The van der Waals surface area contributed by atoms with Crippen LogP contribution < -0.4 is 10.4 Å². The number of hydrogen-bond acceptors (Lipinski definition) is 7. The van der Waals surface area contributed by atoms with E-state index in [0.717, 1.165) is 53.7 Å². The predicted molar refractivity (Wildman–Crippen MR) is 140 cm³/mol. The van der Waals surface area contributed by atoms with Crippen LogP contribution in [-0.4, -0.2) is 76.2 Å². The molecule has 192 valence electrons. The van der Waals surface area contributed by atoms with Crippen molar-refractivity contribution in [2.24, 2.45) is 0 Å². The Balaban J connectivity index is 1.51. The van der Waals surface area contributed by atoms with E-state index in [-0.39, 0.29) is 23.4 Å². The summed E-state index contributed by atoms with van der Waals surface area (Å²) in [6, 6.07) is 6.19. The summed E-state index contributed by atoms with van der Waals surface area (Å²) in [5, 5.41) is 4.29. The molecule has 0 aliphatic carbocycles. The topological polar surface area (TPSA) is 115 Å². The molecule has 0 unspecified atom stereocenters. The minimum absolute atomic E-state index is 0.0678. The van der Waals surface area contributed by atoms with Gasteiger partial charge in [-0.3, -0.25) is 4.57 Å². The van der Waals surface area contributed by atoms with Crippen LogP contribution in [0.15, 0.2) is 35.5 Å². The number of pyridine rings is 1. The lowest BCUT2D eigenvalue weighted by Gasteiger charge is -2.32. The lowest BCUT2D eigenvalue weighted by Crippen LogP contribution is -2.39. The Bertz CT molecular complexity index is 1580. The van der Waals surface area contributed by atoms with E-state index >= 15 is 0 Å². The molecular formula is C25H32N6O4S. The Kier molecular flexibility index (Phi) is 6.37. The average molecular weight is 513 g/mol. The molecule has 0 radical (unpaired) electrons. The molecule has 0 atom stereocenters. The summed E-state index contributed by atoms with van der Waals surface area (Å²) >= 11 is 0. The molecule has 1 N–H and O–H groups in total. The SMILES string of the molecule is COc1cc(-c2cc3[nH]c(=O)n(C4CCN(CCS(C)(=O)=O)CC4)c3cc2C(C)C)cn2ncnc12. The number of H-pyrrole nitrogens is 1. The summed E-state index contributed by atoms with van der Waals surface area (Å²) in [5.41, 5.74) is 5.29. The summed E-state index contributed by atoms with van der Waals surface area (Å²) in [6.45, 7) is 6.36. The fourth-order valence-electron chi connectivity index (χ4n) is 5.17. The molecule has 10 nitrogen and oxygen atoms in total. The van der Waals surface area contributed by atoms with Crippen molar-refractivity contribution in [2.75, 3.05) is 38.8 Å². The Hall–Kier alpha value is -3.18. The number of aromatic nitrogens is 5. The number of hydrogen-bond donors (Lipinski definition) is 1. The number of piperidine rings is 1. The van der Waals surface area contributed by atoms with E-state index < -0.39 is 9.84 Å². The maximum atomic E-state index is 13.1. The standard InChI is InChI=1S/C25H32N6O4S/c1-16(2)19-13-22-21(12-20(19)17-11-23(35-3)24-26-15-27-30(24)14-17)28-25(32)31(22)18-5-7-29(8-6-18)9-10-36(4,33)34/h11-16,18H,5-10H2,1-4H3,(H,28,32). The third kappa shape index (κ3) is 4.64. The number of benzene rings is 1. The third-order valence-electron chi connectivity index (χ3n) is 7.08. The number of rotatable bonds is 7. The van der Waals surface area contributed by atoms with E-state index in [0.29, 0.717) is 17.9 Å². The van der Waals surface area contributed by atoms with Crippen molar-refractivity contribution in [2.45, 2.75) is 38.6 Å². The quantitative estimate of drug-likeness (QED) is 0.405. The minimum Gasteiger partial charge on any atom is -0.493 e. The smallest absolute Gasteiger partial charge is 0.326 e. The molecule has 1 aliphatic heterocycles. The molecule has 1 fully saturated rings. The van der Waals surface area contributed by atoms with Gasteiger partial charge in [0, 0.05) is 43.7 Å². The monoisotopic (exact) mass is 512 g/mol. The first kappa shape index (κ1) is 24.5.